The van der Waals surface area contributed by atoms with Crippen LogP contribution in [-0.2, 0) is 13.0 Å². The summed E-state index contributed by atoms with van der Waals surface area (Å²) >= 11 is 1.55. The molecule has 0 spiro atoms. The van der Waals surface area contributed by atoms with Gasteiger partial charge in [0.1, 0.15) is 10.9 Å². The van der Waals surface area contributed by atoms with Crippen LogP contribution in [0.1, 0.15) is 28.7 Å². The predicted octanol–water partition coefficient (Wildman–Crippen LogP) is 4.18. The molecule has 92 valence electrons. The zero-order valence-corrected chi connectivity index (χ0v) is 11.3. The van der Waals surface area contributed by atoms with Gasteiger partial charge >= 0.3 is 0 Å². The number of thiophene rings is 1. The number of nitrogens with zero attached hydrogens (tertiary/aromatic N) is 1. The van der Waals surface area contributed by atoms with Gasteiger partial charge in [-0.1, -0.05) is 31.5 Å². The van der Waals surface area contributed by atoms with E-state index in [0.717, 1.165) is 24.3 Å². The van der Waals surface area contributed by atoms with Crippen LogP contribution in [0.25, 0.3) is 0 Å². The summed E-state index contributed by atoms with van der Waals surface area (Å²) in [6.07, 6.45) is 2.24. The number of benzene rings is 1. The fraction of sp³-hybridized carbons (Fsp3) is 0.267. The highest BCUT2D eigenvalue weighted by molar-refractivity contribution is 7.12. The molecule has 0 unspecified atom stereocenters. The van der Waals surface area contributed by atoms with Gasteiger partial charge in [-0.25, -0.2) is 0 Å². The van der Waals surface area contributed by atoms with Crippen molar-refractivity contribution in [3.63, 3.8) is 0 Å². The fourth-order valence-corrected chi connectivity index (χ4v) is 2.64. The van der Waals surface area contributed by atoms with E-state index in [0.29, 0.717) is 0 Å². The third-order valence-corrected chi connectivity index (χ3v) is 3.75. The summed E-state index contributed by atoms with van der Waals surface area (Å²) in [6, 6.07) is 14.5. The molecule has 0 saturated heterocycles. The minimum atomic E-state index is 0.772. The lowest BCUT2D eigenvalue weighted by Crippen LogP contribution is -2.00. The van der Waals surface area contributed by atoms with Crippen LogP contribution in [0.2, 0.25) is 0 Å². The number of hydrogen-bond acceptors (Lipinski definition) is 3. The van der Waals surface area contributed by atoms with Crippen molar-refractivity contribution < 1.29 is 0 Å². The predicted molar refractivity (Wildman–Crippen MR) is 76.8 cm³/mol. The first-order valence-corrected chi connectivity index (χ1v) is 6.95. The molecular formula is C15H16N2S. The molecule has 1 aromatic carbocycles. The van der Waals surface area contributed by atoms with Gasteiger partial charge in [-0.3, -0.25) is 0 Å². The molecule has 1 aromatic heterocycles. The van der Waals surface area contributed by atoms with Crippen LogP contribution in [0, 0.1) is 11.3 Å². The molecule has 0 atom stereocenters. The van der Waals surface area contributed by atoms with Crippen LogP contribution in [0.4, 0.5) is 5.69 Å². The van der Waals surface area contributed by atoms with E-state index in [1.807, 2.05) is 12.1 Å². The first-order chi connectivity index (χ1) is 8.83. The van der Waals surface area contributed by atoms with Gasteiger partial charge in [0.05, 0.1) is 0 Å². The van der Waals surface area contributed by atoms with Crippen LogP contribution in [0.5, 0.6) is 0 Å². The lowest BCUT2D eigenvalue weighted by atomic mass is 10.1. The largest absolute Gasteiger partial charge is 0.380 e. The average molecular weight is 256 g/mol. The quantitative estimate of drug-likeness (QED) is 0.871. The highest BCUT2D eigenvalue weighted by Crippen LogP contribution is 2.20. The minimum absolute atomic E-state index is 0.772. The van der Waals surface area contributed by atoms with Crippen molar-refractivity contribution in [1.82, 2.24) is 0 Å². The molecule has 1 N–H and O–H groups in total. The Morgan fingerprint density at radius 3 is 2.78 bits per heavy atom. The maximum absolute atomic E-state index is 8.79. The molecule has 18 heavy (non-hydrogen) atoms. The summed E-state index contributed by atoms with van der Waals surface area (Å²) in [4.78, 5) is 1.96. The molecular weight excluding hydrogens is 240 g/mol. The minimum Gasteiger partial charge on any atom is -0.380 e. The number of nitriles is 1. The molecule has 0 bridgehead atoms. The highest BCUT2D eigenvalue weighted by Gasteiger charge is 2.02. The molecule has 0 fully saturated rings. The van der Waals surface area contributed by atoms with Gasteiger partial charge in [-0.05, 0) is 30.2 Å². The molecule has 0 aliphatic heterocycles. The number of aryl methyl sites for hydroxylation is 1. The van der Waals surface area contributed by atoms with E-state index in [-0.39, 0.29) is 0 Å². The van der Waals surface area contributed by atoms with Gasteiger partial charge in [-0.15, -0.1) is 11.3 Å². The summed E-state index contributed by atoms with van der Waals surface area (Å²) in [6.45, 7) is 2.97. The third kappa shape index (κ3) is 3.12. The fourth-order valence-electron chi connectivity index (χ4n) is 1.90. The zero-order chi connectivity index (χ0) is 12.8. The first kappa shape index (κ1) is 12.7. The van der Waals surface area contributed by atoms with Crippen LogP contribution < -0.4 is 5.32 Å². The van der Waals surface area contributed by atoms with Crippen LogP contribution >= 0.6 is 11.3 Å². The van der Waals surface area contributed by atoms with Crippen molar-refractivity contribution in [1.29, 1.82) is 5.26 Å². The van der Waals surface area contributed by atoms with Crippen molar-refractivity contribution in [2.75, 3.05) is 5.32 Å². The smallest absolute Gasteiger partial charge is 0.110 e. The number of nitrogens with one attached hydrogen (secondary N) is 1. The Bertz CT molecular complexity index is 552. The Kier molecular flexibility index (Phi) is 4.38. The summed E-state index contributed by atoms with van der Waals surface area (Å²) in [5.74, 6) is 0. The van der Waals surface area contributed by atoms with E-state index < -0.39 is 0 Å². The SMILES string of the molecule is CCCc1ccccc1NCc1ccc(C#N)s1. The average Bonchev–Trinajstić information content (AvgIpc) is 2.86. The van der Waals surface area contributed by atoms with Gasteiger partial charge in [0.15, 0.2) is 0 Å². The molecule has 0 aliphatic carbocycles. The summed E-state index contributed by atoms with van der Waals surface area (Å²) < 4.78 is 0. The Hall–Kier alpha value is -1.79. The second-order valence-electron chi connectivity index (χ2n) is 4.14. The number of rotatable bonds is 5. The van der Waals surface area contributed by atoms with Gasteiger partial charge in [0, 0.05) is 17.1 Å². The Morgan fingerprint density at radius 2 is 2.06 bits per heavy atom. The second kappa shape index (κ2) is 6.23. The van der Waals surface area contributed by atoms with E-state index in [1.165, 1.54) is 16.1 Å². The summed E-state index contributed by atoms with van der Waals surface area (Å²) in [5.41, 5.74) is 2.56. The number of para-hydroxylation sites is 1. The van der Waals surface area contributed by atoms with Gasteiger partial charge in [0.25, 0.3) is 0 Å². The van der Waals surface area contributed by atoms with Crippen molar-refractivity contribution in [2.24, 2.45) is 0 Å². The number of anilines is 1. The molecule has 3 heteroatoms. The van der Waals surface area contributed by atoms with Crippen molar-refractivity contribution in [3.8, 4) is 6.07 Å². The topological polar surface area (TPSA) is 35.8 Å². The molecule has 1 heterocycles. The van der Waals surface area contributed by atoms with Crippen molar-refractivity contribution >= 4 is 17.0 Å². The second-order valence-corrected chi connectivity index (χ2v) is 5.31. The molecule has 2 rings (SSSR count). The maximum atomic E-state index is 8.79. The van der Waals surface area contributed by atoms with Gasteiger partial charge in [0.2, 0.25) is 0 Å². The van der Waals surface area contributed by atoms with Crippen molar-refractivity contribution in [2.45, 2.75) is 26.3 Å². The molecule has 0 amide bonds. The summed E-state index contributed by atoms with van der Waals surface area (Å²) in [7, 11) is 0. The molecule has 2 nitrogen and oxygen atoms in total. The standard InChI is InChI=1S/C15H16N2S/c1-2-5-12-6-3-4-7-15(12)17-11-14-9-8-13(10-16)18-14/h3-4,6-9,17H,2,5,11H2,1H3. The molecule has 2 aromatic rings. The Labute approximate surface area is 112 Å². The summed E-state index contributed by atoms with van der Waals surface area (Å²) in [5, 5.41) is 12.2. The lowest BCUT2D eigenvalue weighted by Gasteiger charge is -2.10. The van der Waals surface area contributed by atoms with Crippen molar-refractivity contribution in [3.05, 3.63) is 51.7 Å². The monoisotopic (exact) mass is 256 g/mol. The van der Waals surface area contributed by atoms with E-state index >= 15 is 0 Å². The molecule has 0 radical (unpaired) electrons. The van der Waals surface area contributed by atoms with Gasteiger partial charge in [-0.2, -0.15) is 5.26 Å². The van der Waals surface area contributed by atoms with Crippen LogP contribution in [0.3, 0.4) is 0 Å². The van der Waals surface area contributed by atoms with E-state index in [1.54, 1.807) is 11.3 Å². The third-order valence-electron chi connectivity index (χ3n) is 2.76. The first-order valence-electron chi connectivity index (χ1n) is 6.14. The van der Waals surface area contributed by atoms with E-state index in [4.69, 9.17) is 5.26 Å². The molecule has 0 saturated carbocycles. The Balaban J connectivity index is 2.03. The van der Waals surface area contributed by atoms with Crippen LogP contribution in [0.15, 0.2) is 36.4 Å². The number of hydrogen-bond donors (Lipinski definition) is 1. The van der Waals surface area contributed by atoms with Crippen LogP contribution in [-0.4, -0.2) is 0 Å². The normalized spacial score (nSPS) is 10.0. The zero-order valence-electron chi connectivity index (χ0n) is 10.4. The Morgan fingerprint density at radius 1 is 1.22 bits per heavy atom. The van der Waals surface area contributed by atoms with E-state index in [2.05, 4.69) is 42.6 Å². The van der Waals surface area contributed by atoms with Gasteiger partial charge < -0.3 is 5.32 Å². The maximum Gasteiger partial charge on any atom is 0.110 e. The van der Waals surface area contributed by atoms with E-state index in [9.17, 15) is 0 Å². The lowest BCUT2D eigenvalue weighted by molar-refractivity contribution is 0.920. The highest BCUT2D eigenvalue weighted by atomic mass is 32.1. The molecule has 0 aliphatic rings.